The Morgan fingerprint density at radius 1 is 1.15 bits per heavy atom. The molecule has 3 aromatic rings. The van der Waals surface area contributed by atoms with Gasteiger partial charge in [-0.1, -0.05) is 24.3 Å². The van der Waals surface area contributed by atoms with Gasteiger partial charge in [-0.15, -0.1) is 0 Å². The number of rotatable bonds is 5. The summed E-state index contributed by atoms with van der Waals surface area (Å²) in [5.74, 6) is -0.520. The number of halogens is 1. The lowest BCUT2D eigenvalue weighted by molar-refractivity contribution is 0.0949. The van der Waals surface area contributed by atoms with Gasteiger partial charge in [0.05, 0.1) is 6.26 Å². The summed E-state index contributed by atoms with van der Waals surface area (Å²) in [7, 11) is 0. The lowest BCUT2D eigenvalue weighted by Crippen LogP contribution is -2.37. The molecule has 1 aromatic heterocycles. The van der Waals surface area contributed by atoms with Crippen molar-refractivity contribution in [2.45, 2.75) is 6.42 Å². The highest BCUT2D eigenvalue weighted by molar-refractivity contribution is 5.94. The van der Waals surface area contributed by atoms with E-state index in [0.29, 0.717) is 12.1 Å². The summed E-state index contributed by atoms with van der Waals surface area (Å²) >= 11 is 0. The van der Waals surface area contributed by atoms with Crippen molar-refractivity contribution in [1.82, 2.24) is 10.2 Å². The van der Waals surface area contributed by atoms with Crippen LogP contribution in [0, 0.1) is 5.82 Å². The first-order valence-electron chi connectivity index (χ1n) is 9.12. The lowest BCUT2D eigenvalue weighted by atomic mass is 9.99. The fraction of sp³-hybridized carbons (Fsp3) is 0.227. The van der Waals surface area contributed by atoms with Crippen molar-refractivity contribution in [3.05, 3.63) is 77.8 Å². The third-order valence-corrected chi connectivity index (χ3v) is 4.87. The first-order chi connectivity index (χ1) is 13.2. The van der Waals surface area contributed by atoms with Gasteiger partial charge in [-0.2, -0.15) is 0 Å². The van der Waals surface area contributed by atoms with E-state index < -0.39 is 0 Å². The van der Waals surface area contributed by atoms with Gasteiger partial charge >= 0.3 is 0 Å². The number of hydrogen-bond donors (Lipinski definition) is 1. The van der Waals surface area contributed by atoms with E-state index in [9.17, 15) is 9.18 Å². The molecule has 0 unspecified atom stereocenters. The van der Waals surface area contributed by atoms with Crippen LogP contribution in [0.5, 0.6) is 0 Å². The van der Waals surface area contributed by atoms with Gasteiger partial charge in [0.2, 0.25) is 0 Å². The maximum atomic E-state index is 12.9. The molecule has 2 heterocycles. The minimum absolute atomic E-state index is 0.178. The molecule has 0 fully saturated rings. The summed E-state index contributed by atoms with van der Waals surface area (Å²) in [4.78, 5) is 14.4. The van der Waals surface area contributed by atoms with E-state index in [0.717, 1.165) is 42.6 Å². The normalized spacial score (nSPS) is 14.9. The van der Waals surface area contributed by atoms with E-state index in [1.54, 1.807) is 6.26 Å². The van der Waals surface area contributed by atoms with Crippen molar-refractivity contribution in [3.63, 3.8) is 0 Å². The molecule has 0 radical (unpaired) electrons. The standard InChI is InChI=1S/C22H21FN2O2/c23-19-8-6-17(7-9-19)22(26)24-11-13-25-12-2-4-18(15-25)20-5-1-3-16-10-14-27-21(16)20/h1,3-10,14H,2,11-13,15H2,(H,24,26). The highest BCUT2D eigenvalue weighted by Gasteiger charge is 2.17. The van der Waals surface area contributed by atoms with E-state index in [-0.39, 0.29) is 11.7 Å². The number of furan rings is 1. The second-order valence-corrected chi connectivity index (χ2v) is 6.70. The van der Waals surface area contributed by atoms with E-state index in [1.165, 1.54) is 29.8 Å². The van der Waals surface area contributed by atoms with Gasteiger partial charge in [0.1, 0.15) is 11.4 Å². The number of nitrogens with zero attached hydrogens (tertiary/aromatic N) is 1. The molecule has 4 nitrogen and oxygen atoms in total. The number of amides is 1. The van der Waals surface area contributed by atoms with E-state index in [2.05, 4.69) is 34.5 Å². The van der Waals surface area contributed by atoms with Gasteiger partial charge in [0.25, 0.3) is 5.91 Å². The first kappa shape index (κ1) is 17.5. The predicted molar refractivity (Wildman–Crippen MR) is 104 cm³/mol. The molecular formula is C22H21FN2O2. The van der Waals surface area contributed by atoms with Crippen LogP contribution in [0.25, 0.3) is 16.5 Å². The number of para-hydroxylation sites is 1. The topological polar surface area (TPSA) is 45.5 Å². The highest BCUT2D eigenvalue weighted by Crippen LogP contribution is 2.28. The molecule has 0 aliphatic carbocycles. The molecule has 0 spiro atoms. The van der Waals surface area contributed by atoms with Crippen LogP contribution in [0.15, 0.2) is 65.3 Å². The summed E-state index contributed by atoms with van der Waals surface area (Å²) in [6, 6.07) is 13.8. The predicted octanol–water partition coefficient (Wildman–Crippen LogP) is 4.09. The van der Waals surface area contributed by atoms with Crippen LogP contribution in [-0.2, 0) is 0 Å². The Labute approximate surface area is 157 Å². The summed E-state index contributed by atoms with van der Waals surface area (Å²) in [6.07, 6.45) is 4.96. The lowest BCUT2D eigenvalue weighted by Gasteiger charge is -2.27. The Morgan fingerprint density at radius 3 is 2.85 bits per heavy atom. The Morgan fingerprint density at radius 2 is 2.00 bits per heavy atom. The fourth-order valence-electron chi connectivity index (χ4n) is 3.47. The van der Waals surface area contributed by atoms with Crippen molar-refractivity contribution in [2.75, 3.05) is 26.2 Å². The van der Waals surface area contributed by atoms with Crippen molar-refractivity contribution in [1.29, 1.82) is 0 Å². The number of benzene rings is 2. The van der Waals surface area contributed by atoms with Crippen molar-refractivity contribution < 1.29 is 13.6 Å². The molecule has 0 bridgehead atoms. The second kappa shape index (κ2) is 7.76. The molecule has 2 aromatic carbocycles. The van der Waals surface area contributed by atoms with Crippen LogP contribution in [0.2, 0.25) is 0 Å². The van der Waals surface area contributed by atoms with Crippen LogP contribution in [0.3, 0.4) is 0 Å². The van der Waals surface area contributed by atoms with Crippen molar-refractivity contribution in [3.8, 4) is 0 Å². The van der Waals surface area contributed by atoms with Crippen LogP contribution < -0.4 is 5.32 Å². The minimum Gasteiger partial charge on any atom is -0.464 e. The summed E-state index contributed by atoms with van der Waals surface area (Å²) in [5, 5.41) is 4.01. The Balaban J connectivity index is 1.35. The van der Waals surface area contributed by atoms with Gasteiger partial charge in [0.15, 0.2) is 0 Å². The van der Waals surface area contributed by atoms with Gasteiger partial charge in [-0.05, 0) is 42.3 Å². The Hall–Kier alpha value is -2.92. The summed E-state index contributed by atoms with van der Waals surface area (Å²) in [6.45, 7) is 3.10. The third-order valence-electron chi connectivity index (χ3n) is 4.87. The molecule has 0 saturated heterocycles. The minimum atomic E-state index is -0.342. The molecule has 1 aliphatic rings. The average molecular weight is 364 g/mol. The number of nitrogens with one attached hydrogen (secondary N) is 1. The molecule has 0 saturated carbocycles. The second-order valence-electron chi connectivity index (χ2n) is 6.70. The zero-order chi connectivity index (χ0) is 18.6. The molecule has 4 rings (SSSR count). The smallest absolute Gasteiger partial charge is 0.251 e. The number of hydrogen-bond acceptors (Lipinski definition) is 3. The maximum Gasteiger partial charge on any atom is 0.251 e. The SMILES string of the molecule is O=C(NCCN1CCC=C(c2cccc3ccoc23)C1)c1ccc(F)cc1. The van der Waals surface area contributed by atoms with Gasteiger partial charge in [0, 0.05) is 42.7 Å². The summed E-state index contributed by atoms with van der Waals surface area (Å²) in [5.41, 5.74) is 3.79. The zero-order valence-corrected chi connectivity index (χ0v) is 15.0. The van der Waals surface area contributed by atoms with Crippen molar-refractivity contribution in [2.24, 2.45) is 0 Å². The Kier molecular flexibility index (Phi) is 5.03. The fourth-order valence-corrected chi connectivity index (χ4v) is 3.47. The van der Waals surface area contributed by atoms with Crippen LogP contribution in [-0.4, -0.2) is 37.0 Å². The van der Waals surface area contributed by atoms with E-state index in [4.69, 9.17) is 4.42 Å². The van der Waals surface area contributed by atoms with Gasteiger partial charge in [-0.25, -0.2) is 4.39 Å². The molecule has 138 valence electrons. The molecular weight excluding hydrogens is 343 g/mol. The maximum absolute atomic E-state index is 12.9. The van der Waals surface area contributed by atoms with Crippen molar-refractivity contribution >= 4 is 22.4 Å². The zero-order valence-electron chi connectivity index (χ0n) is 15.0. The molecule has 5 heteroatoms. The highest BCUT2D eigenvalue weighted by atomic mass is 19.1. The number of carbonyl (C=O) groups is 1. The largest absolute Gasteiger partial charge is 0.464 e. The average Bonchev–Trinajstić information content (AvgIpc) is 3.17. The van der Waals surface area contributed by atoms with Crippen LogP contribution >= 0.6 is 0 Å². The third kappa shape index (κ3) is 3.93. The molecule has 1 aliphatic heterocycles. The van der Waals surface area contributed by atoms with Gasteiger partial charge < -0.3 is 9.73 Å². The van der Waals surface area contributed by atoms with Crippen LogP contribution in [0.1, 0.15) is 22.3 Å². The monoisotopic (exact) mass is 364 g/mol. The molecule has 27 heavy (non-hydrogen) atoms. The number of carbonyl (C=O) groups excluding carboxylic acids is 1. The van der Waals surface area contributed by atoms with Gasteiger partial charge in [-0.3, -0.25) is 9.69 Å². The molecule has 1 N–H and O–H groups in total. The molecule has 1 amide bonds. The Bertz CT molecular complexity index is 975. The molecule has 0 atom stereocenters. The first-order valence-corrected chi connectivity index (χ1v) is 9.12. The summed E-state index contributed by atoms with van der Waals surface area (Å²) < 4.78 is 18.6. The van der Waals surface area contributed by atoms with E-state index in [1.807, 2.05) is 6.07 Å². The van der Waals surface area contributed by atoms with E-state index >= 15 is 0 Å². The number of fused-ring (bicyclic) bond motifs is 1. The van der Waals surface area contributed by atoms with Crippen LogP contribution in [0.4, 0.5) is 4.39 Å². The quantitative estimate of drug-likeness (QED) is 0.742.